The van der Waals surface area contributed by atoms with Gasteiger partial charge in [-0.15, -0.1) is 0 Å². The molecule has 9 nitrogen and oxygen atoms in total. The lowest BCUT2D eigenvalue weighted by Gasteiger charge is -2.20. The van der Waals surface area contributed by atoms with Crippen LogP contribution in [0.5, 0.6) is 0 Å². The quantitative estimate of drug-likeness (QED) is 0.396. The fraction of sp³-hybridized carbons (Fsp3) is 0.286. The van der Waals surface area contributed by atoms with E-state index in [9.17, 15) is 20.0 Å². The first-order valence-corrected chi connectivity index (χ1v) is 10.6. The van der Waals surface area contributed by atoms with Crippen LogP contribution in [0.15, 0.2) is 35.3 Å². The first-order chi connectivity index (χ1) is 15.2. The molecule has 3 rings (SSSR count). The van der Waals surface area contributed by atoms with E-state index in [2.05, 4.69) is 5.10 Å². The zero-order valence-corrected chi connectivity index (χ0v) is 19.2. The van der Waals surface area contributed by atoms with E-state index in [-0.39, 0.29) is 29.4 Å². The number of hydrogen-bond acceptors (Lipinski definition) is 6. The number of hydrogen-bond donors (Lipinski definition) is 2. The van der Waals surface area contributed by atoms with Gasteiger partial charge in [-0.05, 0) is 32.9 Å². The van der Waals surface area contributed by atoms with Crippen LogP contribution < -0.4 is 10.7 Å². The van der Waals surface area contributed by atoms with E-state index in [1.165, 1.54) is 16.9 Å². The van der Waals surface area contributed by atoms with E-state index in [0.717, 1.165) is 0 Å². The number of aromatic nitrogens is 3. The molecule has 0 radical (unpaired) electrons. The third kappa shape index (κ3) is 4.72. The largest absolute Gasteiger partial charge is 0.595 e. The lowest BCUT2D eigenvalue weighted by Crippen LogP contribution is -2.99. The molecule has 0 aliphatic rings. The number of carbonyl (C=O) groups excluding carboxylic acids is 1. The van der Waals surface area contributed by atoms with Crippen LogP contribution in [-0.2, 0) is 17.8 Å². The Labute approximate surface area is 193 Å². The average molecular weight is 481 g/mol. The van der Waals surface area contributed by atoms with Crippen molar-refractivity contribution in [3.05, 3.63) is 72.9 Å². The summed E-state index contributed by atoms with van der Waals surface area (Å²) in [4.78, 5) is 25.7. The van der Waals surface area contributed by atoms with Crippen LogP contribution >= 0.6 is 23.2 Å². The van der Waals surface area contributed by atoms with Gasteiger partial charge in [0.15, 0.2) is 5.43 Å². The molecule has 0 saturated heterocycles. The van der Waals surface area contributed by atoms with Crippen LogP contribution in [-0.4, -0.2) is 32.1 Å². The van der Waals surface area contributed by atoms with Crippen LogP contribution in [0.3, 0.4) is 0 Å². The zero-order valence-electron chi connectivity index (χ0n) is 17.7. The second-order valence-electron chi connectivity index (χ2n) is 6.95. The fourth-order valence-corrected chi connectivity index (χ4v) is 3.81. The Morgan fingerprint density at radius 1 is 1.25 bits per heavy atom. The van der Waals surface area contributed by atoms with Gasteiger partial charge < -0.3 is 14.5 Å². The van der Waals surface area contributed by atoms with Crippen LogP contribution in [0.25, 0.3) is 11.3 Å². The topological polar surface area (TPSA) is 114 Å². The lowest BCUT2D eigenvalue weighted by atomic mass is 10.0. The summed E-state index contributed by atoms with van der Waals surface area (Å²) in [5, 5.41) is 24.4. The van der Waals surface area contributed by atoms with E-state index in [1.54, 1.807) is 36.6 Å². The van der Waals surface area contributed by atoms with Crippen LogP contribution in [0.1, 0.15) is 35.6 Å². The monoisotopic (exact) mass is 480 g/mol. The van der Waals surface area contributed by atoms with Gasteiger partial charge in [0.2, 0.25) is 5.69 Å². The third-order valence-electron chi connectivity index (χ3n) is 4.89. The predicted molar refractivity (Wildman–Crippen MR) is 120 cm³/mol. The number of nitrogens with zero attached hydrogens (tertiary/aromatic N) is 3. The van der Waals surface area contributed by atoms with Crippen molar-refractivity contribution in [3.63, 3.8) is 0 Å². The van der Waals surface area contributed by atoms with E-state index in [1.807, 2.05) is 6.92 Å². The maximum Gasteiger partial charge on any atom is 0.344 e. The number of esters is 1. The number of ether oxygens (including phenoxy) is 1. The Balaban J connectivity index is 2.25. The second kappa shape index (κ2) is 9.85. The molecular weight excluding hydrogens is 459 g/mol. The molecule has 170 valence electrons. The Morgan fingerprint density at radius 3 is 2.53 bits per heavy atom. The summed E-state index contributed by atoms with van der Waals surface area (Å²) < 4.78 is 8.36. The normalized spacial score (nSPS) is 12.1. The molecule has 2 N–H and O–H groups in total. The van der Waals surface area contributed by atoms with E-state index < -0.39 is 16.6 Å². The molecule has 1 unspecified atom stereocenters. The predicted octanol–water partition coefficient (Wildman–Crippen LogP) is 2.98. The molecule has 3 aromatic rings. The molecule has 0 bridgehead atoms. The molecule has 1 aromatic carbocycles. The first kappa shape index (κ1) is 24.0. The van der Waals surface area contributed by atoms with Gasteiger partial charge in [-0.2, -0.15) is 10.3 Å². The molecule has 32 heavy (non-hydrogen) atoms. The van der Waals surface area contributed by atoms with Crippen LogP contribution in [0.4, 0.5) is 5.69 Å². The van der Waals surface area contributed by atoms with Crippen LogP contribution in [0.2, 0.25) is 10.0 Å². The van der Waals surface area contributed by atoms with Crippen molar-refractivity contribution in [2.45, 2.75) is 33.9 Å². The van der Waals surface area contributed by atoms with Gasteiger partial charge >= 0.3 is 5.97 Å². The van der Waals surface area contributed by atoms with Gasteiger partial charge in [-0.1, -0.05) is 29.3 Å². The number of aryl methyl sites for hydroxylation is 1. The molecule has 0 spiro atoms. The van der Waals surface area contributed by atoms with Crippen molar-refractivity contribution in [2.75, 3.05) is 6.61 Å². The van der Waals surface area contributed by atoms with Gasteiger partial charge in [-0.25, -0.2) is 10.0 Å². The van der Waals surface area contributed by atoms with Gasteiger partial charge in [0, 0.05) is 23.9 Å². The number of halogens is 2. The summed E-state index contributed by atoms with van der Waals surface area (Å²) in [5.41, 5.74) is 1.19. The molecule has 0 aliphatic carbocycles. The van der Waals surface area contributed by atoms with Gasteiger partial charge in [0.25, 0.3) is 0 Å². The summed E-state index contributed by atoms with van der Waals surface area (Å²) in [6.07, 6.45) is 1.40. The molecule has 11 heteroatoms. The standard InChI is InChI=1S/C21H22Cl2N4O5/c1-4-26-14(10-25-11-17(27(30)31)12(3)24-25)9-18(28)19(21(29)32-5-2)20(26)13-6-7-15(22)16(23)8-13/h6-9,11,27,30H,4-5,10H2,1-3H3. The highest BCUT2D eigenvalue weighted by atomic mass is 35.5. The maximum absolute atomic E-state index is 13.0. The fourth-order valence-electron chi connectivity index (χ4n) is 3.51. The van der Waals surface area contributed by atoms with Gasteiger partial charge in [-0.3, -0.25) is 9.48 Å². The van der Waals surface area contributed by atoms with Crippen molar-refractivity contribution in [1.29, 1.82) is 0 Å². The van der Waals surface area contributed by atoms with Crippen molar-refractivity contribution in [1.82, 2.24) is 14.3 Å². The summed E-state index contributed by atoms with van der Waals surface area (Å²) in [5.74, 6) is -0.740. The molecule has 0 fully saturated rings. The SMILES string of the molecule is CCOC(=O)c1c(-c2ccc(Cl)c(Cl)c2)n(CC)c(Cn2cc([NH+]([O-])O)c(C)n2)cc1=O. The molecule has 0 saturated carbocycles. The highest BCUT2D eigenvalue weighted by molar-refractivity contribution is 6.42. The second-order valence-corrected chi connectivity index (χ2v) is 7.76. The van der Waals surface area contributed by atoms with Gasteiger partial charge in [0.05, 0.1) is 35.1 Å². The smallest absolute Gasteiger partial charge is 0.344 e. The summed E-state index contributed by atoms with van der Waals surface area (Å²) >= 11 is 12.3. The highest BCUT2D eigenvalue weighted by Crippen LogP contribution is 2.31. The maximum atomic E-state index is 13.0. The minimum Gasteiger partial charge on any atom is -0.595 e. The molecular formula is C21H22Cl2N4O5. The Kier molecular flexibility index (Phi) is 7.37. The Morgan fingerprint density at radius 2 is 1.97 bits per heavy atom. The van der Waals surface area contributed by atoms with Crippen molar-refractivity contribution < 1.29 is 20.0 Å². The number of benzene rings is 1. The molecule has 1 atom stereocenters. The number of carbonyl (C=O) groups is 1. The van der Waals surface area contributed by atoms with Crippen LogP contribution in [0, 0.1) is 12.1 Å². The van der Waals surface area contributed by atoms with E-state index in [4.69, 9.17) is 27.9 Å². The van der Waals surface area contributed by atoms with E-state index >= 15 is 0 Å². The summed E-state index contributed by atoms with van der Waals surface area (Å²) in [6, 6.07) is 6.18. The summed E-state index contributed by atoms with van der Waals surface area (Å²) in [6.45, 7) is 5.75. The molecule has 0 amide bonds. The van der Waals surface area contributed by atoms with Crippen molar-refractivity contribution >= 4 is 34.9 Å². The van der Waals surface area contributed by atoms with E-state index in [0.29, 0.717) is 34.2 Å². The minimum atomic E-state index is -1.09. The molecule has 0 aliphatic heterocycles. The first-order valence-electron chi connectivity index (χ1n) is 9.84. The molecule has 2 heterocycles. The van der Waals surface area contributed by atoms with Crippen molar-refractivity contribution in [3.8, 4) is 11.3 Å². The highest BCUT2D eigenvalue weighted by Gasteiger charge is 2.24. The summed E-state index contributed by atoms with van der Waals surface area (Å²) in [7, 11) is 0. The number of nitrogens with one attached hydrogen (secondary N) is 1. The van der Waals surface area contributed by atoms with Gasteiger partial charge in [0.1, 0.15) is 11.3 Å². The Bertz CT molecular complexity index is 1220. The number of pyridine rings is 1. The number of quaternary nitrogens is 1. The molecule has 2 aromatic heterocycles. The Hall–Kier alpha value is -2.69. The lowest BCUT2D eigenvalue weighted by molar-refractivity contribution is -0.991. The average Bonchev–Trinajstić information content (AvgIpc) is 3.10. The third-order valence-corrected chi connectivity index (χ3v) is 5.63. The van der Waals surface area contributed by atoms with Crippen molar-refractivity contribution in [2.24, 2.45) is 0 Å². The zero-order chi connectivity index (χ0) is 23.6. The number of rotatable bonds is 7. The minimum absolute atomic E-state index is 0.0724.